The molecule has 1 aromatic rings. The van der Waals surface area contributed by atoms with Crippen LogP contribution in [0.25, 0.3) is 0 Å². The Morgan fingerprint density at radius 2 is 2.14 bits per heavy atom. The minimum Gasteiger partial charge on any atom is -0.488 e. The maximum Gasteiger partial charge on any atom is 0.326 e. The third kappa shape index (κ3) is 4.09. The van der Waals surface area contributed by atoms with Crippen molar-refractivity contribution in [1.82, 2.24) is 10.6 Å². The Morgan fingerprint density at radius 3 is 2.81 bits per heavy atom. The van der Waals surface area contributed by atoms with Crippen LogP contribution >= 0.6 is 0 Å². The molecule has 2 rings (SSSR count). The molecule has 4 N–H and O–H groups in total. The molecule has 0 saturated heterocycles. The summed E-state index contributed by atoms with van der Waals surface area (Å²) < 4.78 is 5.66. The normalized spacial score (nSPS) is 17.5. The SMILES string of the molecule is O=C(NCC1Cc2ccccc2O1)NC(CCO)C(=O)O. The van der Waals surface area contributed by atoms with Crippen LogP contribution in [0.1, 0.15) is 12.0 Å². The van der Waals surface area contributed by atoms with E-state index < -0.39 is 18.0 Å². The van der Waals surface area contributed by atoms with E-state index in [9.17, 15) is 9.59 Å². The van der Waals surface area contributed by atoms with Crippen molar-refractivity contribution < 1.29 is 24.5 Å². The van der Waals surface area contributed by atoms with Crippen LogP contribution < -0.4 is 15.4 Å². The summed E-state index contributed by atoms with van der Waals surface area (Å²) in [5.74, 6) is -0.364. The molecule has 0 spiro atoms. The highest BCUT2D eigenvalue weighted by atomic mass is 16.5. The van der Waals surface area contributed by atoms with Gasteiger partial charge in [0, 0.05) is 19.4 Å². The standard InChI is InChI=1S/C14H18N2O5/c17-6-5-11(13(18)19)16-14(20)15-8-10-7-9-3-1-2-4-12(9)21-10/h1-4,10-11,17H,5-8H2,(H,18,19)(H2,15,16,20). The van der Waals surface area contributed by atoms with E-state index in [2.05, 4.69) is 10.6 Å². The average molecular weight is 294 g/mol. The minimum absolute atomic E-state index is 0.0336. The van der Waals surface area contributed by atoms with Gasteiger partial charge >= 0.3 is 12.0 Å². The van der Waals surface area contributed by atoms with E-state index in [0.717, 1.165) is 11.3 Å². The van der Waals surface area contributed by atoms with Crippen LogP contribution in [0.2, 0.25) is 0 Å². The number of benzene rings is 1. The fourth-order valence-electron chi connectivity index (χ4n) is 2.17. The molecule has 1 aromatic carbocycles. The summed E-state index contributed by atoms with van der Waals surface area (Å²) in [6, 6.07) is 5.96. The number of aliphatic hydroxyl groups is 1. The molecule has 2 unspecified atom stereocenters. The predicted molar refractivity (Wildman–Crippen MR) is 74.2 cm³/mol. The molecule has 0 saturated carbocycles. The number of carbonyl (C=O) groups is 2. The molecule has 114 valence electrons. The van der Waals surface area contributed by atoms with Gasteiger partial charge < -0.3 is 25.6 Å². The molecule has 0 radical (unpaired) electrons. The van der Waals surface area contributed by atoms with Gasteiger partial charge in [-0.25, -0.2) is 9.59 Å². The third-order valence-electron chi connectivity index (χ3n) is 3.23. The van der Waals surface area contributed by atoms with Crippen molar-refractivity contribution in [2.24, 2.45) is 0 Å². The highest BCUT2D eigenvalue weighted by Crippen LogP contribution is 2.27. The van der Waals surface area contributed by atoms with Crippen LogP contribution in [-0.4, -0.2) is 47.5 Å². The summed E-state index contributed by atoms with van der Waals surface area (Å²) in [6.45, 7) is -0.0235. The second-order valence-corrected chi connectivity index (χ2v) is 4.81. The van der Waals surface area contributed by atoms with Gasteiger partial charge in [-0.2, -0.15) is 0 Å². The van der Waals surface area contributed by atoms with Gasteiger partial charge in [-0.15, -0.1) is 0 Å². The van der Waals surface area contributed by atoms with Gasteiger partial charge in [-0.3, -0.25) is 0 Å². The molecule has 1 aliphatic rings. The highest BCUT2D eigenvalue weighted by Gasteiger charge is 2.24. The Morgan fingerprint density at radius 1 is 1.38 bits per heavy atom. The first-order valence-corrected chi connectivity index (χ1v) is 6.72. The fraction of sp³-hybridized carbons (Fsp3) is 0.429. The number of aliphatic carboxylic acids is 1. The topological polar surface area (TPSA) is 108 Å². The number of carboxylic acid groups (broad SMARTS) is 1. The van der Waals surface area contributed by atoms with Crippen LogP contribution in [0.3, 0.4) is 0 Å². The second kappa shape index (κ2) is 6.94. The van der Waals surface area contributed by atoms with Gasteiger partial charge in [0.2, 0.25) is 0 Å². The number of rotatable bonds is 6. The van der Waals surface area contributed by atoms with Gasteiger partial charge in [-0.05, 0) is 11.6 Å². The number of ether oxygens (including phenoxy) is 1. The molecule has 2 atom stereocenters. The zero-order valence-corrected chi connectivity index (χ0v) is 11.4. The van der Waals surface area contributed by atoms with E-state index >= 15 is 0 Å². The summed E-state index contributed by atoms with van der Waals surface area (Å²) >= 11 is 0. The Balaban J connectivity index is 1.76. The Bertz CT molecular complexity index is 495. The first-order chi connectivity index (χ1) is 10.1. The van der Waals surface area contributed by atoms with Gasteiger partial charge in [-0.1, -0.05) is 18.2 Å². The highest BCUT2D eigenvalue weighted by molar-refractivity contribution is 5.82. The number of urea groups is 1. The molecule has 21 heavy (non-hydrogen) atoms. The molecule has 0 bridgehead atoms. The molecule has 1 heterocycles. The number of nitrogens with one attached hydrogen (secondary N) is 2. The zero-order valence-electron chi connectivity index (χ0n) is 11.4. The van der Waals surface area contributed by atoms with E-state index in [-0.39, 0.29) is 25.7 Å². The summed E-state index contributed by atoms with van der Waals surface area (Å²) in [6.07, 6.45) is 0.512. The average Bonchev–Trinajstić information content (AvgIpc) is 2.87. The van der Waals surface area contributed by atoms with Crippen molar-refractivity contribution in [1.29, 1.82) is 0 Å². The first kappa shape index (κ1) is 15.1. The fourth-order valence-corrected chi connectivity index (χ4v) is 2.17. The molecular formula is C14H18N2O5. The van der Waals surface area contributed by atoms with Crippen molar-refractivity contribution in [3.8, 4) is 5.75 Å². The lowest BCUT2D eigenvalue weighted by Crippen LogP contribution is -2.48. The maximum atomic E-state index is 11.6. The van der Waals surface area contributed by atoms with Crippen LogP contribution in [0.5, 0.6) is 5.75 Å². The predicted octanol–water partition coefficient (Wildman–Crippen LogP) is 0.125. The summed E-state index contributed by atoms with van der Waals surface area (Å²) in [7, 11) is 0. The van der Waals surface area contributed by atoms with E-state index in [1.54, 1.807) is 0 Å². The molecule has 0 fully saturated rings. The quantitative estimate of drug-likeness (QED) is 0.596. The number of carbonyl (C=O) groups excluding carboxylic acids is 1. The lowest BCUT2D eigenvalue weighted by molar-refractivity contribution is -0.139. The van der Waals surface area contributed by atoms with Crippen LogP contribution in [0.4, 0.5) is 4.79 Å². The van der Waals surface area contributed by atoms with E-state index in [0.29, 0.717) is 6.42 Å². The first-order valence-electron chi connectivity index (χ1n) is 6.72. The minimum atomic E-state index is -1.18. The summed E-state index contributed by atoms with van der Waals surface area (Å²) in [4.78, 5) is 22.5. The maximum absolute atomic E-state index is 11.6. The van der Waals surface area contributed by atoms with Gasteiger partial charge in [0.15, 0.2) is 0 Å². The molecular weight excluding hydrogens is 276 g/mol. The molecule has 0 aromatic heterocycles. The molecule has 7 nitrogen and oxygen atoms in total. The van der Waals surface area contributed by atoms with E-state index in [1.165, 1.54) is 0 Å². The number of fused-ring (bicyclic) bond motifs is 1. The van der Waals surface area contributed by atoms with Crippen LogP contribution in [0, 0.1) is 0 Å². The van der Waals surface area contributed by atoms with Crippen molar-refractivity contribution in [3.05, 3.63) is 29.8 Å². The number of hydrogen-bond acceptors (Lipinski definition) is 4. The van der Waals surface area contributed by atoms with Gasteiger partial charge in [0.05, 0.1) is 6.54 Å². The Hall–Kier alpha value is -2.28. The van der Waals surface area contributed by atoms with E-state index in [4.69, 9.17) is 14.9 Å². The van der Waals surface area contributed by atoms with Crippen molar-refractivity contribution >= 4 is 12.0 Å². The molecule has 0 aliphatic carbocycles. The van der Waals surface area contributed by atoms with Crippen molar-refractivity contribution in [3.63, 3.8) is 0 Å². The smallest absolute Gasteiger partial charge is 0.326 e. The number of carboxylic acids is 1. The largest absolute Gasteiger partial charge is 0.488 e. The molecule has 1 aliphatic heterocycles. The van der Waals surface area contributed by atoms with Crippen molar-refractivity contribution in [2.75, 3.05) is 13.2 Å². The van der Waals surface area contributed by atoms with E-state index in [1.807, 2.05) is 24.3 Å². The molecule has 2 amide bonds. The molecule has 7 heteroatoms. The lowest BCUT2D eigenvalue weighted by Gasteiger charge is -2.16. The Labute approximate surface area is 121 Å². The van der Waals surface area contributed by atoms with Crippen LogP contribution in [0.15, 0.2) is 24.3 Å². The lowest BCUT2D eigenvalue weighted by atomic mass is 10.1. The Kier molecular flexibility index (Phi) is 4.99. The van der Waals surface area contributed by atoms with Crippen LogP contribution in [-0.2, 0) is 11.2 Å². The number of hydrogen-bond donors (Lipinski definition) is 4. The zero-order chi connectivity index (χ0) is 15.2. The monoisotopic (exact) mass is 294 g/mol. The number of aliphatic hydroxyl groups excluding tert-OH is 1. The third-order valence-corrected chi connectivity index (χ3v) is 3.23. The van der Waals surface area contributed by atoms with Crippen molar-refractivity contribution in [2.45, 2.75) is 25.0 Å². The second-order valence-electron chi connectivity index (χ2n) is 4.81. The number of amides is 2. The summed E-state index contributed by atoms with van der Waals surface area (Å²) in [5, 5.41) is 22.5. The van der Waals surface area contributed by atoms with Gasteiger partial charge in [0.1, 0.15) is 17.9 Å². The summed E-state index contributed by atoms with van der Waals surface area (Å²) in [5.41, 5.74) is 1.09. The number of para-hydroxylation sites is 1. The van der Waals surface area contributed by atoms with Gasteiger partial charge in [0.25, 0.3) is 0 Å².